The molecular formula is C14H16ClN5O. The summed E-state index contributed by atoms with van der Waals surface area (Å²) in [6.07, 6.45) is 1.66. The fraction of sp³-hybridized carbons (Fsp3) is 0.214. The average molecular weight is 306 g/mol. The minimum absolute atomic E-state index is 0.202. The van der Waals surface area contributed by atoms with Crippen molar-refractivity contribution in [1.29, 1.82) is 0 Å². The molecule has 0 unspecified atom stereocenters. The van der Waals surface area contributed by atoms with Crippen LogP contribution < -0.4 is 16.0 Å². The van der Waals surface area contributed by atoms with Crippen LogP contribution in [0.3, 0.4) is 0 Å². The predicted octanol–water partition coefficient (Wildman–Crippen LogP) is 2.01. The maximum Gasteiger partial charge on any atom is 0.252 e. The molecule has 0 aliphatic rings. The highest BCUT2D eigenvalue weighted by atomic mass is 35.5. The van der Waals surface area contributed by atoms with E-state index in [1.54, 1.807) is 43.6 Å². The molecule has 1 heterocycles. The van der Waals surface area contributed by atoms with Crippen molar-refractivity contribution in [1.82, 2.24) is 15.3 Å². The number of rotatable bonds is 6. The molecular weight excluding hydrogens is 290 g/mol. The number of carbonyl (C=O) groups excluding carboxylic acids is 1. The van der Waals surface area contributed by atoms with Crippen molar-refractivity contribution in [2.24, 2.45) is 0 Å². The fourth-order valence-electron chi connectivity index (χ4n) is 1.67. The number of nitrogens with zero attached hydrogens (tertiary/aromatic N) is 2. The van der Waals surface area contributed by atoms with Gasteiger partial charge in [-0.2, -0.15) is 4.98 Å². The first kappa shape index (κ1) is 15.1. The molecule has 6 nitrogen and oxygen atoms in total. The Bertz CT molecular complexity index is 620. The van der Waals surface area contributed by atoms with Gasteiger partial charge < -0.3 is 16.0 Å². The van der Waals surface area contributed by atoms with Crippen LogP contribution in [0.2, 0.25) is 5.02 Å². The summed E-state index contributed by atoms with van der Waals surface area (Å²) in [5.74, 6) is 1.04. The van der Waals surface area contributed by atoms with Crippen LogP contribution in [0.15, 0.2) is 36.5 Å². The van der Waals surface area contributed by atoms with Crippen LogP contribution in [0.1, 0.15) is 10.4 Å². The Labute approximate surface area is 128 Å². The summed E-state index contributed by atoms with van der Waals surface area (Å²) in [5.41, 5.74) is 0.465. The standard InChI is InChI=1S/C14H16ClN5O/c1-16-12-6-7-18-14(20-12)19-9-8-17-13(21)10-4-2-3-5-11(10)15/h2-7H,8-9H2,1H3,(H,17,21)(H2,16,18,19,20). The van der Waals surface area contributed by atoms with Crippen LogP contribution in [0, 0.1) is 0 Å². The van der Waals surface area contributed by atoms with Gasteiger partial charge in [0, 0.05) is 26.3 Å². The summed E-state index contributed by atoms with van der Waals surface area (Å²) in [6.45, 7) is 0.959. The van der Waals surface area contributed by atoms with E-state index in [1.165, 1.54) is 0 Å². The first-order valence-electron chi connectivity index (χ1n) is 6.48. The number of hydrogen-bond acceptors (Lipinski definition) is 5. The van der Waals surface area contributed by atoms with Crippen molar-refractivity contribution in [3.8, 4) is 0 Å². The zero-order valence-corrected chi connectivity index (χ0v) is 12.3. The van der Waals surface area contributed by atoms with Crippen LogP contribution >= 0.6 is 11.6 Å². The number of benzene rings is 1. The second kappa shape index (κ2) is 7.44. The quantitative estimate of drug-likeness (QED) is 0.712. The van der Waals surface area contributed by atoms with E-state index in [-0.39, 0.29) is 5.91 Å². The third-order valence-electron chi connectivity index (χ3n) is 2.72. The molecule has 3 N–H and O–H groups in total. The molecule has 0 radical (unpaired) electrons. The largest absolute Gasteiger partial charge is 0.373 e. The lowest BCUT2D eigenvalue weighted by atomic mass is 10.2. The molecule has 2 aromatic rings. The Morgan fingerprint density at radius 3 is 2.81 bits per heavy atom. The highest BCUT2D eigenvalue weighted by molar-refractivity contribution is 6.33. The first-order chi connectivity index (χ1) is 10.2. The highest BCUT2D eigenvalue weighted by Gasteiger charge is 2.08. The minimum Gasteiger partial charge on any atom is -0.373 e. The molecule has 0 atom stereocenters. The van der Waals surface area contributed by atoms with Crippen LogP contribution in [-0.4, -0.2) is 36.0 Å². The number of anilines is 2. The summed E-state index contributed by atoms with van der Waals surface area (Å²) < 4.78 is 0. The number of hydrogen-bond donors (Lipinski definition) is 3. The van der Waals surface area contributed by atoms with Gasteiger partial charge in [-0.25, -0.2) is 4.98 Å². The topological polar surface area (TPSA) is 78.9 Å². The normalized spacial score (nSPS) is 10.0. The smallest absolute Gasteiger partial charge is 0.252 e. The lowest BCUT2D eigenvalue weighted by Gasteiger charge is -2.08. The fourth-order valence-corrected chi connectivity index (χ4v) is 1.90. The van der Waals surface area contributed by atoms with Crippen molar-refractivity contribution in [3.63, 3.8) is 0 Å². The van der Waals surface area contributed by atoms with Crippen LogP contribution in [0.25, 0.3) is 0 Å². The maximum atomic E-state index is 11.9. The molecule has 0 spiro atoms. The van der Waals surface area contributed by atoms with Gasteiger partial charge >= 0.3 is 0 Å². The SMILES string of the molecule is CNc1ccnc(NCCNC(=O)c2ccccc2Cl)n1. The molecule has 1 aromatic heterocycles. The molecule has 0 aliphatic carbocycles. The maximum absolute atomic E-state index is 11.9. The summed E-state index contributed by atoms with van der Waals surface area (Å²) in [5, 5.41) is 9.18. The average Bonchev–Trinajstić information content (AvgIpc) is 2.52. The van der Waals surface area contributed by atoms with E-state index in [1.807, 2.05) is 0 Å². The van der Waals surface area contributed by atoms with Gasteiger partial charge in [0.1, 0.15) is 5.82 Å². The van der Waals surface area contributed by atoms with Gasteiger partial charge in [0.25, 0.3) is 5.91 Å². The van der Waals surface area contributed by atoms with Crippen molar-refractivity contribution in [2.75, 3.05) is 30.8 Å². The Morgan fingerprint density at radius 1 is 1.24 bits per heavy atom. The molecule has 1 amide bonds. The van der Waals surface area contributed by atoms with Crippen LogP contribution in [0.4, 0.5) is 11.8 Å². The van der Waals surface area contributed by atoms with Gasteiger partial charge in [0.05, 0.1) is 10.6 Å². The van der Waals surface area contributed by atoms with Gasteiger partial charge in [-0.05, 0) is 18.2 Å². The third-order valence-corrected chi connectivity index (χ3v) is 3.05. The van der Waals surface area contributed by atoms with E-state index in [0.717, 1.165) is 5.82 Å². The van der Waals surface area contributed by atoms with Gasteiger partial charge in [-0.3, -0.25) is 4.79 Å². The van der Waals surface area contributed by atoms with E-state index >= 15 is 0 Å². The van der Waals surface area contributed by atoms with Gasteiger partial charge in [0.15, 0.2) is 0 Å². The zero-order valence-electron chi connectivity index (χ0n) is 11.6. The predicted molar refractivity (Wildman–Crippen MR) is 83.9 cm³/mol. The number of aromatic nitrogens is 2. The Kier molecular flexibility index (Phi) is 5.34. The van der Waals surface area contributed by atoms with Gasteiger partial charge in [0.2, 0.25) is 5.95 Å². The minimum atomic E-state index is -0.202. The molecule has 7 heteroatoms. The monoisotopic (exact) mass is 305 g/mol. The molecule has 0 saturated heterocycles. The molecule has 0 aliphatic heterocycles. The molecule has 110 valence electrons. The number of carbonyl (C=O) groups is 1. The lowest BCUT2D eigenvalue weighted by Crippen LogP contribution is -2.29. The van der Waals surface area contributed by atoms with Gasteiger partial charge in [-0.1, -0.05) is 23.7 Å². The summed E-state index contributed by atoms with van der Waals surface area (Å²) in [6, 6.07) is 8.70. The zero-order chi connectivity index (χ0) is 15.1. The molecule has 1 aromatic carbocycles. The summed E-state index contributed by atoms with van der Waals surface area (Å²) in [7, 11) is 1.79. The number of amides is 1. The van der Waals surface area contributed by atoms with E-state index in [9.17, 15) is 4.79 Å². The molecule has 0 fully saturated rings. The van der Waals surface area contributed by atoms with E-state index in [2.05, 4.69) is 25.9 Å². The molecule has 0 bridgehead atoms. The third kappa shape index (κ3) is 4.32. The second-order valence-electron chi connectivity index (χ2n) is 4.18. The van der Waals surface area contributed by atoms with Crippen LogP contribution in [0.5, 0.6) is 0 Å². The molecule has 0 saturated carbocycles. The van der Waals surface area contributed by atoms with Gasteiger partial charge in [-0.15, -0.1) is 0 Å². The lowest BCUT2D eigenvalue weighted by molar-refractivity contribution is 0.0955. The van der Waals surface area contributed by atoms with Crippen molar-refractivity contribution >= 4 is 29.3 Å². The highest BCUT2D eigenvalue weighted by Crippen LogP contribution is 2.14. The molecule has 21 heavy (non-hydrogen) atoms. The Morgan fingerprint density at radius 2 is 2.05 bits per heavy atom. The Balaban J connectivity index is 1.79. The van der Waals surface area contributed by atoms with E-state index in [4.69, 9.17) is 11.6 Å². The number of nitrogens with one attached hydrogen (secondary N) is 3. The van der Waals surface area contributed by atoms with E-state index in [0.29, 0.717) is 29.6 Å². The number of halogens is 1. The van der Waals surface area contributed by atoms with Crippen molar-refractivity contribution < 1.29 is 4.79 Å². The summed E-state index contributed by atoms with van der Waals surface area (Å²) in [4.78, 5) is 20.2. The summed E-state index contributed by atoms with van der Waals surface area (Å²) >= 11 is 5.96. The Hall–Kier alpha value is -2.34. The second-order valence-corrected chi connectivity index (χ2v) is 4.59. The van der Waals surface area contributed by atoms with Crippen molar-refractivity contribution in [2.45, 2.75) is 0 Å². The van der Waals surface area contributed by atoms with E-state index < -0.39 is 0 Å². The molecule has 2 rings (SSSR count). The first-order valence-corrected chi connectivity index (χ1v) is 6.86. The van der Waals surface area contributed by atoms with Crippen LogP contribution in [-0.2, 0) is 0 Å². The van der Waals surface area contributed by atoms with Crippen molar-refractivity contribution in [3.05, 3.63) is 47.1 Å².